The van der Waals surface area contributed by atoms with Crippen molar-refractivity contribution >= 4 is 5.97 Å². The van der Waals surface area contributed by atoms with E-state index in [0.717, 1.165) is 19.3 Å². The lowest BCUT2D eigenvalue weighted by molar-refractivity contribution is -0.152. The SMILES string of the molecule is C[C@H]1C(C)(C)[C@@H]2CC[C@@]1(C(=O)O)C2. The minimum absolute atomic E-state index is 0.233. The molecule has 2 saturated carbocycles. The van der Waals surface area contributed by atoms with Crippen LogP contribution in [0.1, 0.15) is 40.0 Å². The number of carboxylic acid groups (broad SMARTS) is 1. The van der Waals surface area contributed by atoms with Crippen LogP contribution in [0.15, 0.2) is 0 Å². The molecule has 0 amide bonds. The first-order chi connectivity index (χ1) is 5.91. The first kappa shape index (κ1) is 9.04. The third-order valence-corrected chi connectivity index (χ3v) is 4.97. The lowest BCUT2D eigenvalue weighted by Gasteiger charge is -2.39. The third kappa shape index (κ3) is 0.866. The fraction of sp³-hybridized carbons (Fsp3) is 0.909. The van der Waals surface area contributed by atoms with Crippen LogP contribution in [0, 0.1) is 22.7 Å². The number of aliphatic carboxylic acids is 1. The fourth-order valence-corrected chi connectivity index (χ4v) is 3.55. The Labute approximate surface area is 79.3 Å². The molecule has 0 heterocycles. The van der Waals surface area contributed by atoms with Crippen LogP contribution in [0.5, 0.6) is 0 Å². The highest BCUT2D eigenvalue weighted by molar-refractivity contribution is 5.76. The van der Waals surface area contributed by atoms with Crippen LogP contribution < -0.4 is 0 Å². The van der Waals surface area contributed by atoms with Gasteiger partial charge in [0.15, 0.2) is 0 Å². The molecule has 0 unspecified atom stereocenters. The van der Waals surface area contributed by atoms with Gasteiger partial charge < -0.3 is 5.11 Å². The van der Waals surface area contributed by atoms with E-state index < -0.39 is 5.97 Å². The maximum absolute atomic E-state index is 11.3. The molecule has 0 radical (unpaired) electrons. The van der Waals surface area contributed by atoms with Crippen LogP contribution >= 0.6 is 0 Å². The van der Waals surface area contributed by atoms with E-state index in [1.165, 1.54) is 0 Å². The Kier molecular flexibility index (Phi) is 1.59. The molecule has 2 rings (SSSR count). The second-order valence-corrected chi connectivity index (χ2v) is 5.44. The van der Waals surface area contributed by atoms with Crippen molar-refractivity contribution in [2.45, 2.75) is 40.0 Å². The van der Waals surface area contributed by atoms with E-state index in [9.17, 15) is 9.90 Å². The van der Waals surface area contributed by atoms with Crippen molar-refractivity contribution in [2.24, 2.45) is 22.7 Å². The highest BCUT2D eigenvalue weighted by Gasteiger charge is 2.63. The van der Waals surface area contributed by atoms with Crippen molar-refractivity contribution in [3.63, 3.8) is 0 Å². The summed E-state index contributed by atoms with van der Waals surface area (Å²) in [6, 6.07) is 0. The van der Waals surface area contributed by atoms with Gasteiger partial charge in [-0.15, -0.1) is 0 Å². The lowest BCUT2D eigenvalue weighted by atomic mass is 9.64. The van der Waals surface area contributed by atoms with E-state index in [4.69, 9.17) is 0 Å². The molecular formula is C11H18O2. The van der Waals surface area contributed by atoms with Crippen LogP contribution in [-0.2, 0) is 4.79 Å². The van der Waals surface area contributed by atoms with Crippen molar-refractivity contribution in [3.8, 4) is 0 Å². The van der Waals surface area contributed by atoms with Crippen LogP contribution in [-0.4, -0.2) is 11.1 Å². The fourth-order valence-electron chi connectivity index (χ4n) is 3.55. The molecule has 0 saturated heterocycles. The maximum atomic E-state index is 11.3. The molecular weight excluding hydrogens is 164 g/mol. The molecule has 0 aromatic rings. The molecule has 2 heteroatoms. The zero-order valence-corrected chi connectivity index (χ0v) is 8.63. The number of rotatable bonds is 1. The van der Waals surface area contributed by atoms with Crippen molar-refractivity contribution in [1.29, 1.82) is 0 Å². The molecule has 74 valence electrons. The van der Waals surface area contributed by atoms with Gasteiger partial charge in [-0.1, -0.05) is 20.8 Å². The Morgan fingerprint density at radius 3 is 2.38 bits per heavy atom. The van der Waals surface area contributed by atoms with E-state index >= 15 is 0 Å². The first-order valence-corrected chi connectivity index (χ1v) is 5.14. The van der Waals surface area contributed by atoms with Crippen molar-refractivity contribution in [2.75, 3.05) is 0 Å². The number of fused-ring (bicyclic) bond motifs is 2. The smallest absolute Gasteiger partial charge is 0.309 e. The number of hydrogen-bond acceptors (Lipinski definition) is 1. The normalized spacial score (nSPS) is 46.7. The molecule has 3 atom stereocenters. The average Bonchev–Trinajstić information content (AvgIpc) is 2.53. The zero-order chi connectivity index (χ0) is 9.85. The molecule has 2 fully saturated rings. The molecule has 2 aliphatic carbocycles. The van der Waals surface area contributed by atoms with E-state index in [2.05, 4.69) is 20.8 Å². The highest BCUT2D eigenvalue weighted by Crippen LogP contribution is 2.65. The van der Waals surface area contributed by atoms with Crippen molar-refractivity contribution < 1.29 is 9.90 Å². The molecule has 2 nitrogen and oxygen atoms in total. The summed E-state index contributed by atoms with van der Waals surface area (Å²) in [4.78, 5) is 11.3. The van der Waals surface area contributed by atoms with Crippen LogP contribution in [0.25, 0.3) is 0 Å². The Hall–Kier alpha value is -0.530. The minimum Gasteiger partial charge on any atom is -0.481 e. The van der Waals surface area contributed by atoms with Gasteiger partial charge in [-0.3, -0.25) is 4.79 Å². The van der Waals surface area contributed by atoms with E-state index in [0.29, 0.717) is 11.8 Å². The quantitative estimate of drug-likeness (QED) is 0.676. The molecule has 0 spiro atoms. The van der Waals surface area contributed by atoms with E-state index in [1.807, 2.05) is 0 Å². The summed E-state index contributed by atoms with van der Waals surface area (Å²) in [5, 5.41) is 9.29. The number of carboxylic acids is 1. The summed E-state index contributed by atoms with van der Waals surface area (Å²) in [6.45, 7) is 6.58. The Balaban J connectivity index is 2.40. The molecule has 2 bridgehead atoms. The van der Waals surface area contributed by atoms with Gasteiger partial charge in [0.25, 0.3) is 0 Å². The summed E-state index contributed by atoms with van der Waals surface area (Å²) < 4.78 is 0. The predicted octanol–water partition coefficient (Wildman–Crippen LogP) is 2.53. The van der Waals surface area contributed by atoms with Gasteiger partial charge in [0.2, 0.25) is 0 Å². The van der Waals surface area contributed by atoms with Crippen LogP contribution in [0.3, 0.4) is 0 Å². The summed E-state index contributed by atoms with van der Waals surface area (Å²) in [6.07, 6.45) is 2.93. The molecule has 0 aromatic heterocycles. The highest BCUT2D eigenvalue weighted by atomic mass is 16.4. The second kappa shape index (κ2) is 2.28. The molecule has 1 N–H and O–H groups in total. The van der Waals surface area contributed by atoms with E-state index in [1.54, 1.807) is 0 Å². The number of hydrogen-bond donors (Lipinski definition) is 1. The number of carbonyl (C=O) groups is 1. The predicted molar refractivity (Wildman–Crippen MR) is 50.4 cm³/mol. The van der Waals surface area contributed by atoms with Gasteiger partial charge in [-0.2, -0.15) is 0 Å². The summed E-state index contributed by atoms with van der Waals surface area (Å²) in [7, 11) is 0. The lowest BCUT2D eigenvalue weighted by Crippen LogP contribution is -2.39. The van der Waals surface area contributed by atoms with Gasteiger partial charge >= 0.3 is 5.97 Å². The standard InChI is InChI=1S/C11H18O2/c1-7-10(2,3)8-4-5-11(7,6-8)9(12)13/h7-8H,4-6H2,1-3H3,(H,12,13)/t7-,8+,11+/m0/s1. The van der Waals surface area contributed by atoms with Gasteiger partial charge in [0.1, 0.15) is 0 Å². The van der Waals surface area contributed by atoms with E-state index in [-0.39, 0.29) is 10.8 Å². The largest absolute Gasteiger partial charge is 0.481 e. The van der Waals surface area contributed by atoms with Crippen molar-refractivity contribution in [1.82, 2.24) is 0 Å². The Bertz CT molecular complexity index is 257. The molecule has 0 aromatic carbocycles. The first-order valence-electron chi connectivity index (χ1n) is 5.14. The minimum atomic E-state index is -0.562. The summed E-state index contributed by atoms with van der Waals surface area (Å²) in [5.74, 6) is 0.405. The topological polar surface area (TPSA) is 37.3 Å². The summed E-state index contributed by atoms with van der Waals surface area (Å²) in [5.41, 5.74) is -0.148. The average molecular weight is 182 g/mol. The second-order valence-electron chi connectivity index (χ2n) is 5.44. The third-order valence-electron chi connectivity index (χ3n) is 4.97. The van der Waals surface area contributed by atoms with Gasteiger partial charge in [0.05, 0.1) is 5.41 Å². The van der Waals surface area contributed by atoms with Crippen molar-refractivity contribution in [3.05, 3.63) is 0 Å². The molecule has 0 aliphatic heterocycles. The van der Waals surface area contributed by atoms with Gasteiger partial charge in [-0.25, -0.2) is 0 Å². The zero-order valence-electron chi connectivity index (χ0n) is 8.63. The van der Waals surface area contributed by atoms with Crippen LogP contribution in [0.4, 0.5) is 0 Å². The monoisotopic (exact) mass is 182 g/mol. The summed E-state index contributed by atoms with van der Waals surface area (Å²) >= 11 is 0. The van der Waals surface area contributed by atoms with Gasteiger partial charge in [-0.05, 0) is 36.5 Å². The molecule has 2 aliphatic rings. The maximum Gasteiger partial charge on any atom is 0.309 e. The van der Waals surface area contributed by atoms with Gasteiger partial charge in [0, 0.05) is 0 Å². The van der Waals surface area contributed by atoms with Crippen LogP contribution in [0.2, 0.25) is 0 Å². The molecule has 13 heavy (non-hydrogen) atoms. The Morgan fingerprint density at radius 2 is 2.08 bits per heavy atom. The Morgan fingerprint density at radius 1 is 1.46 bits per heavy atom.